The third kappa shape index (κ3) is 19.4. The summed E-state index contributed by atoms with van der Waals surface area (Å²) in [6.45, 7) is 10.4. The Morgan fingerprint density at radius 3 is 1.09 bits per heavy atom. The van der Waals surface area contributed by atoms with Gasteiger partial charge in [-0.25, -0.2) is 19.4 Å². The van der Waals surface area contributed by atoms with Crippen LogP contribution in [-0.4, -0.2) is 56.7 Å². The molecule has 0 amide bonds. The van der Waals surface area contributed by atoms with Crippen molar-refractivity contribution in [2.45, 2.75) is 78.4 Å². The summed E-state index contributed by atoms with van der Waals surface area (Å²) in [6.07, 6.45) is -0.519. The van der Waals surface area contributed by atoms with Gasteiger partial charge in [0.1, 0.15) is 57.6 Å². The molecule has 0 saturated heterocycles. The van der Waals surface area contributed by atoms with Crippen molar-refractivity contribution in [3.8, 4) is 28.7 Å². The molecule has 0 aliphatic carbocycles. The number of hydrogen-bond acceptors (Lipinski definition) is 15. The van der Waals surface area contributed by atoms with E-state index in [1.165, 1.54) is 23.4 Å². The minimum absolute atomic E-state index is 0. The van der Waals surface area contributed by atoms with Crippen LogP contribution in [0.2, 0.25) is 0 Å². The Balaban J connectivity index is 0.000000553. The summed E-state index contributed by atoms with van der Waals surface area (Å²) in [5.74, 6) is 5.23. The van der Waals surface area contributed by atoms with Crippen LogP contribution in [0.4, 0.5) is 27.1 Å². The standard InChI is InChI=1S/C19H24N4O.C18H19N3O3.C17H18FN3O.7ClH/c1-13-19(20)22-17-10-15(6-9-18(17)24-13)12-21-11-14-4-7-16(8-5-14)23(2)3;1-11-18(19)21-14-6-12(2-4-15(14)24-11)8-20-9-13-3-5-16-17(7-13)23-10-22-16;1-11-17(19)21-15-8-13(4-7-16(15)22-11)10-20-9-12-2-5-14(18)6-3-12;;;;;;;/h4-10,13,21H,11-12H2,1-3H3,(H2,20,22);2-7,11,20H,8-10H2,1H3,(H2,19,21);2-8,11,20H,9-10H2,1H3,(H2,19,21);7*1H. The number of nitrogens with zero attached hydrogens (tertiary/aromatic N) is 4. The predicted molar refractivity (Wildman–Crippen MR) is 326 cm³/mol. The van der Waals surface area contributed by atoms with Gasteiger partial charge in [-0.3, -0.25) is 0 Å². The Hall–Kier alpha value is -5.63. The van der Waals surface area contributed by atoms with Crippen molar-refractivity contribution in [2.24, 2.45) is 32.2 Å². The largest absolute Gasteiger partial charge is 0.481 e. The minimum atomic E-state index is -0.219. The summed E-state index contributed by atoms with van der Waals surface area (Å²) in [5.41, 5.74) is 27.9. The van der Waals surface area contributed by atoms with Gasteiger partial charge >= 0.3 is 0 Å². The van der Waals surface area contributed by atoms with E-state index in [-0.39, 0.29) is 111 Å². The third-order valence-electron chi connectivity index (χ3n) is 11.8. The average molecular weight is 1200 g/mol. The van der Waals surface area contributed by atoms with E-state index in [1.54, 1.807) is 12.1 Å². The van der Waals surface area contributed by atoms with Crippen LogP contribution in [0, 0.1) is 5.82 Å². The lowest BCUT2D eigenvalue weighted by molar-refractivity contribution is 0.174. The van der Waals surface area contributed by atoms with Crippen molar-refractivity contribution < 1.29 is 28.1 Å². The summed E-state index contributed by atoms with van der Waals surface area (Å²) < 4.78 is 40.7. The number of ether oxygens (including phenoxy) is 5. The van der Waals surface area contributed by atoms with Gasteiger partial charge < -0.3 is 61.7 Å². The molecule has 0 radical (unpaired) electrons. The second-order valence-corrected chi connectivity index (χ2v) is 17.5. The van der Waals surface area contributed by atoms with Gasteiger partial charge in [-0.05, 0) is 127 Å². The number of nitrogens with two attached hydrogens (primary N) is 3. The van der Waals surface area contributed by atoms with E-state index in [1.807, 2.05) is 102 Å². The number of nitrogens with one attached hydrogen (secondary N) is 3. The van der Waals surface area contributed by atoms with E-state index in [0.29, 0.717) is 37.4 Å². The van der Waals surface area contributed by atoms with Gasteiger partial charge in [-0.1, -0.05) is 48.5 Å². The predicted octanol–water partition coefficient (Wildman–Crippen LogP) is 11.1. The normalized spacial score (nSPS) is 15.4. The molecule has 23 heteroatoms. The highest BCUT2D eigenvalue weighted by atomic mass is 35.5. The fraction of sp³-hybridized carbons (Fsp3) is 0.278. The lowest BCUT2D eigenvalue weighted by Gasteiger charge is -2.21. The Bertz CT molecular complexity index is 2890. The quantitative estimate of drug-likeness (QED) is 0.0640. The molecule has 15 nitrogen and oxygen atoms in total. The maximum absolute atomic E-state index is 12.8. The monoisotopic (exact) mass is 1200 g/mol. The highest BCUT2D eigenvalue weighted by Gasteiger charge is 2.21. The highest BCUT2D eigenvalue weighted by molar-refractivity contribution is 5.91. The molecule has 0 saturated carbocycles. The molecule has 4 heterocycles. The zero-order chi connectivity index (χ0) is 49.1. The van der Waals surface area contributed by atoms with Crippen molar-refractivity contribution in [3.63, 3.8) is 0 Å². The number of benzene rings is 6. The molecule has 3 unspecified atom stereocenters. The van der Waals surface area contributed by atoms with Gasteiger partial charge in [0.15, 0.2) is 29.8 Å². The second kappa shape index (κ2) is 33.0. The topological polar surface area (TPSA) is 201 Å². The van der Waals surface area contributed by atoms with E-state index in [9.17, 15) is 4.39 Å². The smallest absolute Gasteiger partial charge is 0.231 e. The van der Waals surface area contributed by atoms with E-state index >= 15 is 0 Å². The first-order chi connectivity index (χ1) is 33.8. The molecule has 9 N–H and O–H groups in total. The van der Waals surface area contributed by atoms with Crippen LogP contribution in [0.3, 0.4) is 0 Å². The number of aliphatic imine (C=N–C) groups is 3. The number of amidine groups is 3. The fourth-order valence-electron chi connectivity index (χ4n) is 7.64. The van der Waals surface area contributed by atoms with Gasteiger partial charge in [0.25, 0.3) is 0 Å². The Morgan fingerprint density at radius 1 is 0.429 bits per heavy atom. The molecule has 10 rings (SSSR count). The zero-order valence-corrected chi connectivity index (χ0v) is 48.7. The van der Waals surface area contributed by atoms with Gasteiger partial charge in [0.2, 0.25) is 6.79 Å². The zero-order valence-electron chi connectivity index (χ0n) is 43.0. The van der Waals surface area contributed by atoms with Gasteiger partial charge in [0.05, 0.1) is 0 Å². The van der Waals surface area contributed by atoms with Crippen LogP contribution in [0.25, 0.3) is 0 Å². The molecule has 0 spiro atoms. The average Bonchev–Trinajstić information content (AvgIpc) is 3.82. The Morgan fingerprint density at radius 2 is 0.727 bits per heavy atom. The SMILES string of the molecule is CC1Oc2ccc(CNCc3ccc(F)cc3)cc2N=C1N.CC1Oc2ccc(CNCc3ccc(N(C)C)cc3)cc2N=C1N.CC1Oc2ccc(CNCc3ccc4c(c3)OCO4)cc2N=C1N.Cl.Cl.Cl.Cl.Cl.Cl.Cl. The van der Waals surface area contributed by atoms with Crippen LogP contribution in [0.5, 0.6) is 28.7 Å². The van der Waals surface area contributed by atoms with E-state index in [4.69, 9.17) is 40.9 Å². The number of hydrogen-bond donors (Lipinski definition) is 6. The summed E-state index contributed by atoms with van der Waals surface area (Å²) in [6, 6.07) is 38.9. The molecule has 0 aromatic heterocycles. The van der Waals surface area contributed by atoms with Crippen molar-refractivity contribution >= 4 is 127 Å². The Labute approximate surface area is 493 Å². The van der Waals surface area contributed by atoms with Crippen LogP contribution in [0.15, 0.2) is 136 Å². The van der Waals surface area contributed by atoms with Crippen molar-refractivity contribution in [1.82, 2.24) is 16.0 Å². The maximum atomic E-state index is 12.8. The molecule has 3 atom stereocenters. The van der Waals surface area contributed by atoms with Crippen LogP contribution >= 0.6 is 86.8 Å². The van der Waals surface area contributed by atoms with Gasteiger partial charge in [0, 0.05) is 59.1 Å². The molecule has 77 heavy (non-hydrogen) atoms. The lowest BCUT2D eigenvalue weighted by atomic mass is 10.1. The summed E-state index contributed by atoms with van der Waals surface area (Å²) in [7, 11) is 4.09. The Kier molecular flexibility index (Phi) is 29.7. The van der Waals surface area contributed by atoms with Gasteiger partial charge in [-0.15, -0.1) is 86.8 Å². The van der Waals surface area contributed by atoms with Crippen LogP contribution < -0.4 is 61.7 Å². The minimum Gasteiger partial charge on any atom is -0.481 e. The number of rotatable bonds is 13. The molecular weight excluding hydrogens is 1140 g/mol. The summed E-state index contributed by atoms with van der Waals surface area (Å²) in [4.78, 5) is 15.3. The van der Waals surface area contributed by atoms with Crippen LogP contribution in [0.1, 0.15) is 54.2 Å². The van der Waals surface area contributed by atoms with Crippen molar-refractivity contribution in [2.75, 3.05) is 25.8 Å². The third-order valence-corrected chi connectivity index (χ3v) is 11.8. The first-order valence-electron chi connectivity index (χ1n) is 23.3. The molecule has 4 aliphatic rings. The number of anilines is 1. The van der Waals surface area contributed by atoms with E-state index in [0.717, 1.165) is 99.8 Å². The number of halogens is 8. The fourth-order valence-corrected chi connectivity index (χ4v) is 7.64. The first kappa shape index (κ1) is 69.4. The van der Waals surface area contributed by atoms with Crippen LogP contribution in [-0.2, 0) is 39.3 Å². The molecular formula is C54H68Cl7FN10O5. The molecule has 0 fully saturated rings. The van der Waals surface area contributed by atoms with Gasteiger partial charge in [-0.2, -0.15) is 0 Å². The molecule has 420 valence electrons. The second-order valence-electron chi connectivity index (χ2n) is 17.5. The molecule has 4 aliphatic heterocycles. The highest BCUT2D eigenvalue weighted by Crippen LogP contribution is 2.36. The van der Waals surface area contributed by atoms with Crippen molar-refractivity contribution in [1.29, 1.82) is 0 Å². The van der Waals surface area contributed by atoms with E-state index < -0.39 is 0 Å². The number of fused-ring (bicyclic) bond motifs is 4. The maximum Gasteiger partial charge on any atom is 0.231 e. The molecule has 0 bridgehead atoms. The molecule has 6 aromatic rings. The van der Waals surface area contributed by atoms with Crippen molar-refractivity contribution in [3.05, 3.63) is 161 Å². The lowest BCUT2D eigenvalue weighted by Crippen LogP contribution is -2.33. The molecule has 6 aromatic carbocycles. The first-order valence-corrected chi connectivity index (χ1v) is 23.3. The summed E-state index contributed by atoms with van der Waals surface area (Å²) >= 11 is 0. The summed E-state index contributed by atoms with van der Waals surface area (Å²) in [5, 5.41) is 10.2. The van der Waals surface area contributed by atoms with E-state index in [2.05, 4.69) is 66.2 Å².